The molecular formula is C16H11ClFN3O2. The number of nitrogens with zero attached hydrogens (tertiary/aromatic N) is 2. The van der Waals surface area contributed by atoms with E-state index in [2.05, 4.69) is 10.3 Å². The number of fused-ring (bicyclic) bond motifs is 1. The van der Waals surface area contributed by atoms with Crippen LogP contribution in [0, 0.1) is 5.82 Å². The third kappa shape index (κ3) is 3.22. The summed E-state index contributed by atoms with van der Waals surface area (Å²) in [6, 6.07) is 10.6. The van der Waals surface area contributed by atoms with Gasteiger partial charge in [-0.2, -0.15) is 0 Å². The predicted molar refractivity (Wildman–Crippen MR) is 86.0 cm³/mol. The van der Waals surface area contributed by atoms with Crippen LogP contribution in [0.1, 0.15) is 0 Å². The Morgan fingerprint density at radius 1 is 1.26 bits per heavy atom. The third-order valence-electron chi connectivity index (χ3n) is 3.26. The first kappa shape index (κ1) is 15.2. The van der Waals surface area contributed by atoms with Gasteiger partial charge in [-0.3, -0.25) is 14.2 Å². The summed E-state index contributed by atoms with van der Waals surface area (Å²) in [7, 11) is 0. The van der Waals surface area contributed by atoms with Crippen LogP contribution in [0.4, 0.5) is 10.1 Å². The summed E-state index contributed by atoms with van der Waals surface area (Å²) in [6.07, 6.45) is 1.16. The molecule has 0 radical (unpaired) electrons. The molecule has 1 heterocycles. The van der Waals surface area contributed by atoms with Crippen LogP contribution in [-0.2, 0) is 11.3 Å². The standard InChI is InChI=1S/C16H11ClFN3O2/c17-11-6-5-10(18)7-13(11)20-15(22)9-21-14-4-2-1-3-12(14)19-8-16(21)23/h1-8H,9H2,(H,20,22). The largest absolute Gasteiger partial charge is 0.323 e. The van der Waals surface area contributed by atoms with Crippen molar-refractivity contribution in [3.8, 4) is 0 Å². The summed E-state index contributed by atoms with van der Waals surface area (Å²) in [5.41, 5.74) is 0.899. The van der Waals surface area contributed by atoms with Crippen molar-refractivity contribution in [3.05, 3.63) is 69.9 Å². The fourth-order valence-corrected chi connectivity index (χ4v) is 2.37. The van der Waals surface area contributed by atoms with Crippen molar-refractivity contribution >= 4 is 34.2 Å². The molecule has 1 amide bonds. The maximum atomic E-state index is 13.2. The molecule has 0 atom stereocenters. The van der Waals surface area contributed by atoms with E-state index in [1.807, 2.05) is 0 Å². The van der Waals surface area contributed by atoms with Crippen molar-refractivity contribution in [3.63, 3.8) is 0 Å². The van der Waals surface area contributed by atoms with E-state index in [-0.39, 0.29) is 17.3 Å². The van der Waals surface area contributed by atoms with E-state index >= 15 is 0 Å². The molecule has 0 aliphatic rings. The van der Waals surface area contributed by atoms with Crippen LogP contribution >= 0.6 is 11.6 Å². The number of anilines is 1. The number of carbonyl (C=O) groups excluding carboxylic acids is 1. The number of nitrogens with one attached hydrogen (secondary N) is 1. The number of hydrogen-bond acceptors (Lipinski definition) is 3. The topological polar surface area (TPSA) is 64.0 Å². The average Bonchev–Trinajstić information content (AvgIpc) is 2.54. The van der Waals surface area contributed by atoms with Crippen LogP contribution in [0.5, 0.6) is 0 Å². The van der Waals surface area contributed by atoms with Crippen molar-refractivity contribution in [1.29, 1.82) is 0 Å². The van der Waals surface area contributed by atoms with Gasteiger partial charge in [0.15, 0.2) is 0 Å². The Morgan fingerprint density at radius 3 is 2.87 bits per heavy atom. The number of rotatable bonds is 3. The van der Waals surface area contributed by atoms with Crippen LogP contribution < -0.4 is 10.9 Å². The SMILES string of the molecule is O=C(Cn1c(=O)cnc2ccccc21)Nc1cc(F)ccc1Cl. The van der Waals surface area contributed by atoms with Gasteiger partial charge >= 0.3 is 0 Å². The van der Waals surface area contributed by atoms with Crippen LogP contribution in [0.3, 0.4) is 0 Å². The fourth-order valence-electron chi connectivity index (χ4n) is 2.20. The van der Waals surface area contributed by atoms with E-state index in [1.54, 1.807) is 24.3 Å². The highest BCUT2D eigenvalue weighted by molar-refractivity contribution is 6.33. The first-order valence-electron chi connectivity index (χ1n) is 6.74. The van der Waals surface area contributed by atoms with Crippen molar-refractivity contribution < 1.29 is 9.18 Å². The molecule has 5 nitrogen and oxygen atoms in total. The molecular weight excluding hydrogens is 321 g/mol. The van der Waals surface area contributed by atoms with Gasteiger partial charge in [-0.15, -0.1) is 0 Å². The molecule has 0 saturated carbocycles. The molecule has 0 aliphatic carbocycles. The number of carbonyl (C=O) groups is 1. The van der Waals surface area contributed by atoms with Gasteiger partial charge in [0.2, 0.25) is 5.91 Å². The zero-order valence-corrected chi connectivity index (χ0v) is 12.5. The highest BCUT2D eigenvalue weighted by Gasteiger charge is 2.11. The van der Waals surface area contributed by atoms with Crippen molar-refractivity contribution in [2.75, 3.05) is 5.32 Å². The zero-order chi connectivity index (χ0) is 16.4. The second-order valence-corrected chi connectivity index (χ2v) is 5.25. The molecule has 0 saturated heterocycles. The summed E-state index contributed by atoms with van der Waals surface area (Å²) in [6.45, 7) is -0.227. The van der Waals surface area contributed by atoms with Gasteiger partial charge in [-0.05, 0) is 30.3 Å². The van der Waals surface area contributed by atoms with Crippen LogP contribution in [0.25, 0.3) is 11.0 Å². The third-order valence-corrected chi connectivity index (χ3v) is 3.59. The van der Waals surface area contributed by atoms with Gasteiger partial charge < -0.3 is 5.32 Å². The fraction of sp³-hybridized carbons (Fsp3) is 0.0625. The molecule has 1 N–H and O–H groups in total. The van der Waals surface area contributed by atoms with E-state index in [0.29, 0.717) is 11.0 Å². The molecule has 0 bridgehead atoms. The van der Waals surface area contributed by atoms with Crippen molar-refractivity contribution in [2.45, 2.75) is 6.54 Å². The summed E-state index contributed by atoms with van der Waals surface area (Å²) in [5, 5.41) is 2.71. The molecule has 3 aromatic rings. The Morgan fingerprint density at radius 2 is 2.04 bits per heavy atom. The van der Waals surface area contributed by atoms with Gasteiger partial charge in [0, 0.05) is 0 Å². The molecule has 116 valence electrons. The summed E-state index contributed by atoms with van der Waals surface area (Å²) in [5.74, 6) is -1.01. The number of halogens is 2. The Balaban J connectivity index is 1.90. The first-order chi connectivity index (χ1) is 11.0. The molecule has 1 aromatic heterocycles. The second kappa shape index (κ2) is 6.18. The van der Waals surface area contributed by atoms with Crippen LogP contribution in [-0.4, -0.2) is 15.5 Å². The maximum absolute atomic E-state index is 13.2. The number of para-hydroxylation sites is 2. The van der Waals surface area contributed by atoms with E-state index < -0.39 is 17.3 Å². The molecule has 0 unspecified atom stereocenters. The van der Waals surface area contributed by atoms with Gasteiger partial charge in [0.05, 0.1) is 27.9 Å². The Kier molecular flexibility index (Phi) is 4.08. The Hall–Kier alpha value is -2.73. The average molecular weight is 332 g/mol. The number of aromatic nitrogens is 2. The van der Waals surface area contributed by atoms with E-state index in [1.165, 1.54) is 16.7 Å². The van der Waals surface area contributed by atoms with E-state index in [4.69, 9.17) is 11.6 Å². The highest BCUT2D eigenvalue weighted by Crippen LogP contribution is 2.22. The molecule has 2 aromatic carbocycles. The lowest BCUT2D eigenvalue weighted by Crippen LogP contribution is -2.28. The zero-order valence-electron chi connectivity index (χ0n) is 11.8. The molecule has 7 heteroatoms. The van der Waals surface area contributed by atoms with Gasteiger partial charge in [-0.25, -0.2) is 9.37 Å². The van der Waals surface area contributed by atoms with Crippen LogP contribution in [0.2, 0.25) is 5.02 Å². The van der Waals surface area contributed by atoms with Gasteiger partial charge in [0.1, 0.15) is 12.4 Å². The lowest BCUT2D eigenvalue weighted by Gasteiger charge is -2.11. The van der Waals surface area contributed by atoms with Gasteiger partial charge in [-0.1, -0.05) is 23.7 Å². The van der Waals surface area contributed by atoms with E-state index in [9.17, 15) is 14.0 Å². The highest BCUT2D eigenvalue weighted by atomic mass is 35.5. The molecule has 23 heavy (non-hydrogen) atoms. The smallest absolute Gasteiger partial charge is 0.269 e. The molecule has 0 spiro atoms. The normalized spacial score (nSPS) is 10.7. The minimum Gasteiger partial charge on any atom is -0.323 e. The minimum atomic E-state index is -0.517. The number of benzene rings is 2. The van der Waals surface area contributed by atoms with E-state index in [0.717, 1.165) is 12.3 Å². The van der Waals surface area contributed by atoms with Gasteiger partial charge in [0.25, 0.3) is 5.56 Å². The Labute approximate surface area is 135 Å². The quantitative estimate of drug-likeness (QED) is 0.802. The summed E-state index contributed by atoms with van der Waals surface area (Å²) in [4.78, 5) is 28.2. The molecule has 0 aliphatic heterocycles. The lowest BCUT2D eigenvalue weighted by atomic mass is 10.3. The van der Waals surface area contributed by atoms with Crippen molar-refractivity contribution in [1.82, 2.24) is 9.55 Å². The first-order valence-corrected chi connectivity index (χ1v) is 7.12. The lowest BCUT2D eigenvalue weighted by molar-refractivity contribution is -0.116. The van der Waals surface area contributed by atoms with Crippen LogP contribution in [0.15, 0.2) is 53.5 Å². The summed E-state index contributed by atoms with van der Waals surface area (Å²) >= 11 is 5.91. The molecule has 3 rings (SSSR count). The number of amides is 1. The second-order valence-electron chi connectivity index (χ2n) is 4.84. The Bertz CT molecular complexity index is 955. The predicted octanol–water partition coefficient (Wildman–Crippen LogP) is 2.83. The monoisotopic (exact) mass is 331 g/mol. The number of hydrogen-bond donors (Lipinski definition) is 1. The maximum Gasteiger partial charge on any atom is 0.269 e. The minimum absolute atomic E-state index is 0.156. The molecule has 0 fully saturated rings. The van der Waals surface area contributed by atoms with Crippen molar-refractivity contribution in [2.24, 2.45) is 0 Å². The summed E-state index contributed by atoms with van der Waals surface area (Å²) < 4.78 is 14.5.